The largest absolute Gasteiger partial charge is 0.486 e. The van der Waals surface area contributed by atoms with Gasteiger partial charge in [-0.2, -0.15) is 4.72 Å². The van der Waals surface area contributed by atoms with E-state index in [0.717, 1.165) is 16.9 Å². The third-order valence-corrected chi connectivity index (χ3v) is 7.03. The number of carbonyl (C=O) groups is 2. The van der Waals surface area contributed by atoms with Crippen molar-refractivity contribution in [1.29, 1.82) is 0 Å². The highest BCUT2D eigenvalue weighted by molar-refractivity contribution is 7.89. The summed E-state index contributed by atoms with van der Waals surface area (Å²) in [5.74, 6) is 0.0612. The molecular formula is C25H26N2O7S. The Bertz CT molecular complexity index is 1380. The van der Waals surface area contributed by atoms with E-state index >= 15 is 0 Å². The molecule has 1 aliphatic rings. The Hall–Kier alpha value is -3.63. The van der Waals surface area contributed by atoms with Crippen LogP contribution in [0.15, 0.2) is 53.4 Å². The van der Waals surface area contributed by atoms with Gasteiger partial charge in [0.1, 0.15) is 19.8 Å². The minimum absolute atomic E-state index is 0.0403. The highest BCUT2D eigenvalue weighted by Gasteiger charge is 2.21. The molecule has 0 atom stereocenters. The second kappa shape index (κ2) is 9.93. The van der Waals surface area contributed by atoms with Gasteiger partial charge in [-0.3, -0.25) is 9.59 Å². The van der Waals surface area contributed by atoms with Crippen molar-refractivity contribution in [3.05, 3.63) is 71.0 Å². The van der Waals surface area contributed by atoms with Crippen LogP contribution in [-0.4, -0.2) is 51.1 Å². The molecule has 1 aromatic heterocycles. The lowest BCUT2D eigenvalue weighted by Crippen LogP contribution is -2.31. The Balaban J connectivity index is 1.39. The number of aromatic nitrogens is 1. The molecule has 0 aliphatic carbocycles. The van der Waals surface area contributed by atoms with Gasteiger partial charge in [0.15, 0.2) is 18.1 Å². The topological polar surface area (TPSA) is 113 Å². The Kier molecular flexibility index (Phi) is 6.95. The maximum atomic E-state index is 12.8. The predicted molar refractivity (Wildman–Crippen MR) is 128 cm³/mol. The molecule has 0 radical (unpaired) electrons. The molecule has 4 rings (SSSR count). The number of sulfonamides is 1. The fraction of sp³-hybridized carbons (Fsp3) is 0.280. The first-order valence-electron chi connectivity index (χ1n) is 11.0. The maximum absolute atomic E-state index is 12.8. The molecule has 0 fully saturated rings. The molecule has 10 heteroatoms. The summed E-state index contributed by atoms with van der Waals surface area (Å²) in [6.45, 7) is 5.39. The minimum atomic E-state index is -3.87. The van der Waals surface area contributed by atoms with Gasteiger partial charge in [0.25, 0.3) is 0 Å². The van der Waals surface area contributed by atoms with E-state index < -0.39 is 34.9 Å². The predicted octanol–water partition coefficient (Wildman–Crippen LogP) is 2.88. The first-order chi connectivity index (χ1) is 16.7. The van der Waals surface area contributed by atoms with Crippen LogP contribution in [-0.2, 0) is 19.6 Å². The summed E-state index contributed by atoms with van der Waals surface area (Å²) < 4.78 is 45.0. The molecule has 0 bridgehead atoms. The molecule has 3 aromatic rings. The van der Waals surface area contributed by atoms with E-state index in [4.69, 9.17) is 14.2 Å². The van der Waals surface area contributed by atoms with Crippen LogP contribution >= 0.6 is 0 Å². The van der Waals surface area contributed by atoms with Gasteiger partial charge in [-0.1, -0.05) is 17.7 Å². The number of fused-ring (bicyclic) bond motifs is 1. The number of nitrogens with zero attached hydrogens (tertiary/aromatic N) is 1. The second-order valence-electron chi connectivity index (χ2n) is 8.17. The van der Waals surface area contributed by atoms with Crippen LogP contribution in [0, 0.1) is 20.8 Å². The fourth-order valence-corrected chi connectivity index (χ4v) is 4.81. The summed E-state index contributed by atoms with van der Waals surface area (Å²) in [7, 11) is -3.87. The van der Waals surface area contributed by atoms with Gasteiger partial charge in [0, 0.05) is 28.7 Å². The van der Waals surface area contributed by atoms with E-state index in [1.807, 2.05) is 36.6 Å². The Morgan fingerprint density at radius 1 is 0.971 bits per heavy atom. The number of Topliss-reactive ketones (excluding diaryl/α,β-unsaturated/α-hetero) is 1. The molecule has 2 aromatic carbocycles. The van der Waals surface area contributed by atoms with Crippen molar-refractivity contribution in [2.75, 3.05) is 26.4 Å². The molecule has 0 spiro atoms. The number of ketones is 1. The molecule has 35 heavy (non-hydrogen) atoms. The summed E-state index contributed by atoms with van der Waals surface area (Å²) in [6.07, 6.45) is 0. The van der Waals surface area contributed by atoms with E-state index in [1.54, 1.807) is 25.1 Å². The number of hydrogen-bond donors (Lipinski definition) is 1. The van der Waals surface area contributed by atoms with Gasteiger partial charge < -0.3 is 18.8 Å². The van der Waals surface area contributed by atoms with Crippen molar-refractivity contribution in [3.63, 3.8) is 0 Å². The van der Waals surface area contributed by atoms with Crippen molar-refractivity contribution in [1.82, 2.24) is 9.29 Å². The average Bonchev–Trinajstić information content (AvgIpc) is 3.15. The molecule has 0 saturated heterocycles. The van der Waals surface area contributed by atoms with Crippen LogP contribution < -0.4 is 14.2 Å². The van der Waals surface area contributed by atoms with Gasteiger partial charge in [-0.15, -0.1) is 0 Å². The zero-order chi connectivity index (χ0) is 25.2. The van der Waals surface area contributed by atoms with Crippen molar-refractivity contribution < 1.29 is 32.2 Å². The number of hydrogen-bond acceptors (Lipinski definition) is 7. The van der Waals surface area contributed by atoms with E-state index in [9.17, 15) is 18.0 Å². The Morgan fingerprint density at radius 3 is 2.37 bits per heavy atom. The van der Waals surface area contributed by atoms with Crippen molar-refractivity contribution in [2.24, 2.45) is 0 Å². The molecule has 1 N–H and O–H groups in total. The molecule has 0 saturated carbocycles. The second-order valence-corrected chi connectivity index (χ2v) is 9.94. The van der Waals surface area contributed by atoms with Crippen LogP contribution in [0.3, 0.4) is 0 Å². The van der Waals surface area contributed by atoms with Crippen LogP contribution in [0.2, 0.25) is 0 Å². The third kappa shape index (κ3) is 5.39. The lowest BCUT2D eigenvalue weighted by atomic mass is 10.1. The maximum Gasteiger partial charge on any atom is 0.321 e. The van der Waals surface area contributed by atoms with Gasteiger partial charge in [-0.05, 0) is 51.1 Å². The SMILES string of the molecule is Cc1ccc(S(=O)(=O)NCC(=O)OCC(=O)c2cc(C)n(-c3ccc4c(c3)OCCO4)c2C)cc1. The van der Waals surface area contributed by atoms with Gasteiger partial charge >= 0.3 is 5.97 Å². The summed E-state index contributed by atoms with van der Waals surface area (Å²) in [4.78, 5) is 24.9. The molecule has 2 heterocycles. The number of carbonyl (C=O) groups excluding carboxylic acids is 2. The Labute approximate surface area is 203 Å². The van der Waals surface area contributed by atoms with Gasteiger partial charge in [0.05, 0.1) is 4.90 Å². The van der Waals surface area contributed by atoms with E-state index in [0.29, 0.717) is 36.0 Å². The third-order valence-electron chi connectivity index (χ3n) is 5.62. The highest BCUT2D eigenvalue weighted by atomic mass is 32.2. The lowest BCUT2D eigenvalue weighted by molar-refractivity contribution is -0.141. The molecule has 184 valence electrons. The number of esters is 1. The van der Waals surface area contributed by atoms with E-state index in [1.165, 1.54) is 12.1 Å². The smallest absolute Gasteiger partial charge is 0.321 e. The Morgan fingerprint density at radius 2 is 1.66 bits per heavy atom. The molecule has 0 amide bonds. The van der Waals surface area contributed by atoms with Crippen LogP contribution in [0.5, 0.6) is 11.5 Å². The van der Waals surface area contributed by atoms with Crippen LogP contribution in [0.4, 0.5) is 0 Å². The molecule has 0 unspecified atom stereocenters. The zero-order valence-electron chi connectivity index (χ0n) is 19.7. The quantitative estimate of drug-likeness (QED) is 0.375. The van der Waals surface area contributed by atoms with Crippen LogP contribution in [0.1, 0.15) is 27.3 Å². The van der Waals surface area contributed by atoms with Crippen molar-refractivity contribution >= 4 is 21.8 Å². The van der Waals surface area contributed by atoms with E-state index in [2.05, 4.69) is 4.72 Å². The molecule has 1 aliphatic heterocycles. The standard InChI is InChI=1S/C25H26N2O7S/c1-16-4-7-20(8-5-16)35(30,31)26-14-25(29)34-15-22(28)21-12-17(2)27(18(21)3)19-6-9-23-24(13-19)33-11-10-32-23/h4-9,12-13,26H,10-11,14-15H2,1-3H3. The summed E-state index contributed by atoms with van der Waals surface area (Å²) >= 11 is 0. The summed E-state index contributed by atoms with van der Waals surface area (Å²) in [5.41, 5.74) is 3.63. The fourth-order valence-electron chi connectivity index (χ4n) is 3.84. The van der Waals surface area contributed by atoms with Crippen molar-refractivity contribution in [2.45, 2.75) is 25.7 Å². The average molecular weight is 499 g/mol. The van der Waals surface area contributed by atoms with E-state index in [-0.39, 0.29) is 4.90 Å². The number of benzene rings is 2. The minimum Gasteiger partial charge on any atom is -0.486 e. The van der Waals surface area contributed by atoms with Crippen molar-refractivity contribution in [3.8, 4) is 17.2 Å². The first kappa shape index (κ1) is 24.5. The van der Waals surface area contributed by atoms with Crippen LogP contribution in [0.25, 0.3) is 5.69 Å². The van der Waals surface area contributed by atoms with Gasteiger partial charge in [0.2, 0.25) is 15.8 Å². The highest BCUT2D eigenvalue weighted by Crippen LogP contribution is 2.33. The van der Waals surface area contributed by atoms with Gasteiger partial charge in [-0.25, -0.2) is 8.42 Å². The normalized spacial score (nSPS) is 12.9. The monoisotopic (exact) mass is 498 g/mol. The first-order valence-corrected chi connectivity index (χ1v) is 12.5. The number of ether oxygens (including phenoxy) is 3. The summed E-state index contributed by atoms with van der Waals surface area (Å²) in [5, 5.41) is 0. The number of aryl methyl sites for hydroxylation is 2. The number of rotatable bonds is 8. The summed E-state index contributed by atoms with van der Waals surface area (Å²) in [6, 6.07) is 13.5. The molecule has 9 nitrogen and oxygen atoms in total. The zero-order valence-corrected chi connectivity index (χ0v) is 20.5. The lowest BCUT2D eigenvalue weighted by Gasteiger charge is -2.20. The number of nitrogens with one attached hydrogen (secondary N) is 1. The molecular weight excluding hydrogens is 472 g/mol.